The molecule has 1 aliphatic heterocycles. The number of sulfonamides is 1. The summed E-state index contributed by atoms with van der Waals surface area (Å²) in [7, 11) is -3.31. The van der Waals surface area contributed by atoms with Gasteiger partial charge in [0.15, 0.2) is 0 Å². The maximum absolute atomic E-state index is 12.5. The van der Waals surface area contributed by atoms with Crippen LogP contribution in [0, 0.1) is 0 Å². The van der Waals surface area contributed by atoms with E-state index in [0.717, 1.165) is 19.3 Å². The van der Waals surface area contributed by atoms with Crippen LogP contribution in [0.4, 0.5) is 5.69 Å². The number of hydrogen-bond acceptors (Lipinski definition) is 3. The fourth-order valence-corrected chi connectivity index (χ4v) is 4.75. The zero-order valence-corrected chi connectivity index (χ0v) is 15.9. The van der Waals surface area contributed by atoms with Gasteiger partial charge in [0, 0.05) is 18.7 Å². The highest BCUT2D eigenvalue weighted by molar-refractivity contribution is 7.88. The molecule has 0 aromatic heterocycles. The lowest BCUT2D eigenvalue weighted by Crippen LogP contribution is -2.36. The molecule has 1 heterocycles. The van der Waals surface area contributed by atoms with Gasteiger partial charge < -0.3 is 5.32 Å². The van der Waals surface area contributed by atoms with Gasteiger partial charge >= 0.3 is 0 Å². The zero-order valence-electron chi connectivity index (χ0n) is 14.3. The van der Waals surface area contributed by atoms with Gasteiger partial charge in [-0.2, -0.15) is 0 Å². The minimum Gasteiger partial charge on any atom is -0.321 e. The third-order valence-corrected chi connectivity index (χ3v) is 6.58. The number of halogens is 1. The van der Waals surface area contributed by atoms with Crippen molar-refractivity contribution in [1.29, 1.82) is 0 Å². The fraction of sp³-hybridized carbons (Fsp3) is 0.316. The Hall–Kier alpha value is -1.89. The zero-order chi connectivity index (χ0) is 18.6. The van der Waals surface area contributed by atoms with Crippen LogP contribution in [0.5, 0.6) is 0 Å². The van der Waals surface area contributed by atoms with Crippen LogP contribution >= 0.6 is 11.6 Å². The third-order valence-electron chi connectivity index (χ3n) is 4.40. The number of nitrogens with zero attached hydrogens (tertiary/aromatic N) is 1. The van der Waals surface area contributed by atoms with Crippen LogP contribution in [0.1, 0.15) is 35.2 Å². The average Bonchev–Trinajstić information content (AvgIpc) is 2.64. The Bertz CT molecular complexity index is 876. The predicted octanol–water partition coefficient (Wildman–Crippen LogP) is 3.91. The summed E-state index contributed by atoms with van der Waals surface area (Å²) >= 11 is 6.04. The third kappa shape index (κ3) is 4.63. The van der Waals surface area contributed by atoms with E-state index in [0.29, 0.717) is 34.9 Å². The van der Waals surface area contributed by atoms with Gasteiger partial charge in [-0.25, -0.2) is 12.7 Å². The Balaban J connectivity index is 1.66. The molecule has 0 aliphatic carbocycles. The van der Waals surface area contributed by atoms with Gasteiger partial charge in [0.05, 0.1) is 16.5 Å². The van der Waals surface area contributed by atoms with Crippen LogP contribution in [0.3, 0.4) is 0 Å². The van der Waals surface area contributed by atoms with Crippen LogP contribution in [0.15, 0.2) is 48.5 Å². The molecule has 26 heavy (non-hydrogen) atoms. The molecule has 0 atom stereocenters. The molecule has 1 aliphatic rings. The van der Waals surface area contributed by atoms with Crippen LogP contribution in [0.25, 0.3) is 0 Å². The first-order valence-electron chi connectivity index (χ1n) is 8.58. The van der Waals surface area contributed by atoms with Crippen LogP contribution in [0.2, 0.25) is 5.02 Å². The summed E-state index contributed by atoms with van der Waals surface area (Å²) in [5, 5.41) is 3.21. The Kier molecular flexibility index (Phi) is 5.96. The molecule has 1 saturated heterocycles. The Labute approximate surface area is 159 Å². The highest BCUT2D eigenvalue weighted by Gasteiger charge is 2.24. The molecule has 1 fully saturated rings. The molecule has 3 rings (SSSR count). The number of piperidine rings is 1. The van der Waals surface area contributed by atoms with Gasteiger partial charge in [-0.05, 0) is 42.7 Å². The largest absolute Gasteiger partial charge is 0.321 e. The number of anilines is 1. The average molecular weight is 393 g/mol. The lowest BCUT2D eigenvalue weighted by molar-refractivity contribution is 0.102. The van der Waals surface area contributed by atoms with Crippen LogP contribution in [-0.2, 0) is 15.8 Å². The summed E-state index contributed by atoms with van der Waals surface area (Å²) in [4.78, 5) is 12.3. The molecular formula is C19H21ClN2O3S. The van der Waals surface area contributed by atoms with E-state index in [1.807, 2.05) is 0 Å². The minimum atomic E-state index is -3.31. The van der Waals surface area contributed by atoms with Gasteiger partial charge in [0.25, 0.3) is 5.91 Å². The highest BCUT2D eigenvalue weighted by atomic mass is 35.5. The number of nitrogens with one attached hydrogen (secondary N) is 1. The monoisotopic (exact) mass is 392 g/mol. The van der Waals surface area contributed by atoms with Crippen molar-refractivity contribution in [3.8, 4) is 0 Å². The van der Waals surface area contributed by atoms with Gasteiger partial charge in [-0.15, -0.1) is 0 Å². The van der Waals surface area contributed by atoms with Crippen molar-refractivity contribution in [3.05, 3.63) is 64.7 Å². The number of carbonyl (C=O) groups is 1. The first-order chi connectivity index (χ1) is 12.5. The highest BCUT2D eigenvalue weighted by Crippen LogP contribution is 2.22. The molecule has 1 N–H and O–H groups in total. The Morgan fingerprint density at radius 2 is 1.65 bits per heavy atom. The molecule has 1 amide bonds. The molecule has 5 nitrogen and oxygen atoms in total. The van der Waals surface area contributed by atoms with E-state index in [9.17, 15) is 13.2 Å². The SMILES string of the molecule is O=C(Nc1ccccc1Cl)c1ccc(CS(=O)(=O)N2CCCCC2)cc1. The van der Waals surface area contributed by atoms with Crippen LogP contribution < -0.4 is 5.32 Å². The van der Waals surface area contributed by atoms with Crippen molar-refractivity contribution in [3.63, 3.8) is 0 Å². The molecule has 0 bridgehead atoms. The van der Waals surface area contributed by atoms with Crippen molar-refractivity contribution in [2.45, 2.75) is 25.0 Å². The molecular weight excluding hydrogens is 372 g/mol. The predicted molar refractivity (Wildman–Crippen MR) is 104 cm³/mol. The van der Waals surface area contributed by atoms with E-state index in [2.05, 4.69) is 5.32 Å². The molecule has 2 aromatic carbocycles. The number of benzene rings is 2. The molecule has 0 unspecified atom stereocenters. The number of carbonyl (C=O) groups excluding carboxylic acids is 1. The van der Waals surface area contributed by atoms with Gasteiger partial charge in [-0.1, -0.05) is 42.3 Å². The van der Waals surface area contributed by atoms with E-state index < -0.39 is 10.0 Å². The topological polar surface area (TPSA) is 66.5 Å². The van der Waals surface area contributed by atoms with E-state index >= 15 is 0 Å². The number of rotatable bonds is 5. The van der Waals surface area contributed by atoms with Gasteiger partial charge in [0.1, 0.15) is 0 Å². The minimum absolute atomic E-state index is 0.0422. The van der Waals surface area contributed by atoms with Crippen molar-refractivity contribution >= 4 is 33.2 Å². The number of hydrogen-bond donors (Lipinski definition) is 1. The summed E-state index contributed by atoms with van der Waals surface area (Å²) < 4.78 is 26.5. The Morgan fingerprint density at radius 3 is 2.31 bits per heavy atom. The van der Waals surface area contributed by atoms with Crippen LogP contribution in [-0.4, -0.2) is 31.7 Å². The van der Waals surface area contributed by atoms with E-state index in [-0.39, 0.29) is 11.7 Å². The summed E-state index contributed by atoms with van der Waals surface area (Å²) in [6.07, 6.45) is 2.92. The first-order valence-corrected chi connectivity index (χ1v) is 10.6. The first kappa shape index (κ1) is 18.9. The summed E-state index contributed by atoms with van der Waals surface area (Å²) in [6.45, 7) is 1.20. The van der Waals surface area contributed by atoms with Crippen molar-refractivity contribution in [1.82, 2.24) is 4.31 Å². The van der Waals surface area contributed by atoms with Crippen molar-refractivity contribution in [2.75, 3.05) is 18.4 Å². The lowest BCUT2D eigenvalue weighted by Gasteiger charge is -2.25. The lowest BCUT2D eigenvalue weighted by atomic mass is 10.1. The second-order valence-corrected chi connectivity index (χ2v) is 8.72. The summed E-state index contributed by atoms with van der Waals surface area (Å²) in [5.41, 5.74) is 1.66. The van der Waals surface area contributed by atoms with E-state index in [4.69, 9.17) is 11.6 Å². The number of amides is 1. The van der Waals surface area contributed by atoms with Gasteiger partial charge in [-0.3, -0.25) is 4.79 Å². The maximum Gasteiger partial charge on any atom is 0.255 e. The summed E-state index contributed by atoms with van der Waals surface area (Å²) in [5.74, 6) is -0.331. The fourth-order valence-electron chi connectivity index (χ4n) is 2.95. The molecule has 7 heteroatoms. The van der Waals surface area contributed by atoms with Gasteiger partial charge in [0.2, 0.25) is 10.0 Å². The molecule has 2 aromatic rings. The standard InChI is InChI=1S/C19H21ClN2O3S/c20-17-6-2-3-7-18(17)21-19(23)16-10-8-15(9-11-16)14-26(24,25)22-12-4-1-5-13-22/h2-3,6-11H,1,4-5,12-14H2,(H,21,23). The smallest absolute Gasteiger partial charge is 0.255 e. The van der Waals surface area contributed by atoms with Crippen molar-refractivity contribution in [2.24, 2.45) is 0 Å². The summed E-state index contributed by atoms with van der Waals surface area (Å²) in [6, 6.07) is 13.6. The van der Waals surface area contributed by atoms with Crippen molar-refractivity contribution < 1.29 is 13.2 Å². The normalized spacial score (nSPS) is 15.6. The molecule has 138 valence electrons. The molecule has 0 saturated carbocycles. The maximum atomic E-state index is 12.5. The number of para-hydroxylation sites is 1. The van der Waals surface area contributed by atoms with E-state index in [1.165, 1.54) is 0 Å². The Morgan fingerprint density at radius 1 is 1.00 bits per heavy atom. The molecule has 0 radical (unpaired) electrons. The quantitative estimate of drug-likeness (QED) is 0.838. The molecule has 0 spiro atoms. The second-order valence-electron chi connectivity index (χ2n) is 6.35. The van der Waals surface area contributed by atoms with E-state index in [1.54, 1.807) is 52.8 Å². The second kappa shape index (κ2) is 8.20.